The van der Waals surface area contributed by atoms with Crippen molar-refractivity contribution >= 4 is 29.1 Å². The van der Waals surface area contributed by atoms with Gasteiger partial charge in [-0.05, 0) is 50.1 Å². The van der Waals surface area contributed by atoms with Crippen LogP contribution in [0.3, 0.4) is 0 Å². The van der Waals surface area contributed by atoms with Gasteiger partial charge in [-0.15, -0.1) is 0 Å². The molecule has 0 aromatic heterocycles. The summed E-state index contributed by atoms with van der Waals surface area (Å²) in [5, 5.41) is 5.79. The van der Waals surface area contributed by atoms with Gasteiger partial charge in [0.15, 0.2) is 0 Å². The minimum absolute atomic E-state index is 0.111. The first-order chi connectivity index (χ1) is 14.5. The predicted octanol–water partition coefficient (Wildman–Crippen LogP) is 2.97. The first kappa shape index (κ1) is 19.9. The third-order valence-corrected chi connectivity index (χ3v) is 5.26. The number of hydrogen-bond donors (Lipinski definition) is 2. The number of para-hydroxylation sites is 2. The highest BCUT2D eigenvalue weighted by Crippen LogP contribution is 2.33. The van der Waals surface area contributed by atoms with Crippen LogP contribution < -0.4 is 20.3 Å². The maximum absolute atomic E-state index is 12.8. The molecule has 7 heteroatoms. The van der Waals surface area contributed by atoms with E-state index in [1.54, 1.807) is 29.2 Å². The molecule has 156 valence electrons. The Hall–Kier alpha value is -3.35. The smallest absolute Gasteiger partial charge is 0.251 e. The van der Waals surface area contributed by atoms with Crippen LogP contribution in [0.1, 0.15) is 36.5 Å². The van der Waals surface area contributed by atoms with Crippen LogP contribution in [0.2, 0.25) is 0 Å². The highest BCUT2D eigenvalue weighted by Gasteiger charge is 2.36. The summed E-state index contributed by atoms with van der Waals surface area (Å²) in [4.78, 5) is 39.2. The Bertz CT molecular complexity index is 970. The number of nitrogens with one attached hydrogen (secondary N) is 2. The number of hydrogen-bond acceptors (Lipinski definition) is 4. The topological polar surface area (TPSA) is 87.7 Å². The number of benzene rings is 2. The van der Waals surface area contributed by atoms with Crippen LogP contribution in [0.4, 0.5) is 11.4 Å². The second-order valence-corrected chi connectivity index (χ2v) is 7.62. The van der Waals surface area contributed by atoms with Gasteiger partial charge in [0.25, 0.3) is 5.91 Å². The molecule has 1 saturated heterocycles. The Morgan fingerprint density at radius 2 is 1.93 bits per heavy atom. The van der Waals surface area contributed by atoms with Gasteiger partial charge in [-0.1, -0.05) is 18.2 Å². The minimum atomic E-state index is -0.476. The predicted molar refractivity (Wildman–Crippen MR) is 114 cm³/mol. The number of carbonyl (C=O) groups excluding carboxylic acids is 3. The van der Waals surface area contributed by atoms with E-state index in [2.05, 4.69) is 10.6 Å². The number of nitrogens with zero attached hydrogens (tertiary/aromatic N) is 1. The van der Waals surface area contributed by atoms with Crippen molar-refractivity contribution in [1.29, 1.82) is 0 Å². The lowest BCUT2D eigenvalue weighted by atomic mass is 10.1. The van der Waals surface area contributed by atoms with E-state index in [0.717, 1.165) is 12.8 Å². The monoisotopic (exact) mass is 407 g/mol. The number of anilines is 2. The van der Waals surface area contributed by atoms with Crippen LogP contribution in [0.25, 0.3) is 0 Å². The Morgan fingerprint density at radius 3 is 2.70 bits per heavy atom. The lowest BCUT2D eigenvalue weighted by Crippen LogP contribution is -2.28. The molecule has 7 nitrogen and oxygen atoms in total. The lowest BCUT2D eigenvalue weighted by Gasteiger charge is -2.20. The Morgan fingerprint density at radius 1 is 1.13 bits per heavy atom. The molecule has 1 aliphatic carbocycles. The van der Waals surface area contributed by atoms with E-state index >= 15 is 0 Å². The van der Waals surface area contributed by atoms with Gasteiger partial charge in [-0.2, -0.15) is 0 Å². The van der Waals surface area contributed by atoms with Gasteiger partial charge in [-0.25, -0.2) is 0 Å². The van der Waals surface area contributed by atoms with E-state index < -0.39 is 5.92 Å². The molecule has 0 spiro atoms. The fourth-order valence-electron chi connectivity index (χ4n) is 3.55. The first-order valence-electron chi connectivity index (χ1n) is 10.3. The van der Waals surface area contributed by atoms with Crippen LogP contribution in [0.15, 0.2) is 48.5 Å². The lowest BCUT2D eigenvalue weighted by molar-refractivity contribution is -0.122. The van der Waals surface area contributed by atoms with E-state index in [4.69, 9.17) is 4.74 Å². The summed E-state index contributed by atoms with van der Waals surface area (Å²) >= 11 is 0. The van der Waals surface area contributed by atoms with Crippen LogP contribution >= 0.6 is 0 Å². The molecular formula is C23H25N3O4. The second kappa shape index (κ2) is 8.57. The molecule has 1 unspecified atom stereocenters. The summed E-state index contributed by atoms with van der Waals surface area (Å²) in [6.07, 6.45) is 2.16. The highest BCUT2D eigenvalue weighted by atomic mass is 16.5. The Labute approximate surface area is 175 Å². The van der Waals surface area contributed by atoms with Crippen LogP contribution in [0.5, 0.6) is 5.75 Å². The van der Waals surface area contributed by atoms with Crippen LogP contribution in [0, 0.1) is 5.92 Å². The van der Waals surface area contributed by atoms with Gasteiger partial charge < -0.3 is 20.3 Å². The molecule has 1 saturated carbocycles. The van der Waals surface area contributed by atoms with Gasteiger partial charge in [0.2, 0.25) is 11.8 Å². The molecular weight excluding hydrogens is 382 g/mol. The van der Waals surface area contributed by atoms with Gasteiger partial charge >= 0.3 is 0 Å². The van der Waals surface area contributed by atoms with E-state index in [1.165, 1.54) is 0 Å². The quantitative estimate of drug-likeness (QED) is 0.739. The standard InChI is InChI=1S/C23H25N3O4/c1-2-30-20-9-4-3-8-19(20)26-14-16(13-21(26)27)23(29)25-18-7-5-6-15(12-18)22(28)24-17-10-11-17/h3-9,12,16-17H,2,10-11,13-14H2,1H3,(H,24,28)(H,25,29). The van der Waals surface area contributed by atoms with Crippen molar-refractivity contribution in [2.24, 2.45) is 5.92 Å². The Kier molecular flexibility index (Phi) is 5.70. The molecule has 1 heterocycles. The van der Waals surface area contributed by atoms with Crippen molar-refractivity contribution in [3.63, 3.8) is 0 Å². The fraction of sp³-hybridized carbons (Fsp3) is 0.348. The Balaban J connectivity index is 1.42. The van der Waals surface area contributed by atoms with Crippen molar-refractivity contribution < 1.29 is 19.1 Å². The third kappa shape index (κ3) is 4.45. The molecule has 1 aliphatic heterocycles. The number of rotatable bonds is 7. The van der Waals surface area contributed by atoms with Crippen LogP contribution in [-0.2, 0) is 9.59 Å². The zero-order valence-corrected chi connectivity index (χ0v) is 16.9. The largest absolute Gasteiger partial charge is 0.492 e. The van der Waals surface area contributed by atoms with E-state index in [0.29, 0.717) is 29.3 Å². The van der Waals surface area contributed by atoms with Gasteiger partial charge in [0, 0.05) is 30.3 Å². The maximum Gasteiger partial charge on any atom is 0.251 e. The maximum atomic E-state index is 12.8. The molecule has 4 rings (SSSR count). The summed E-state index contributed by atoms with van der Waals surface area (Å²) in [5.74, 6) is -0.331. The van der Waals surface area contributed by atoms with Crippen molar-refractivity contribution in [3.8, 4) is 5.75 Å². The molecule has 0 radical (unpaired) electrons. The number of carbonyl (C=O) groups is 3. The van der Waals surface area contributed by atoms with Crippen molar-refractivity contribution in [2.75, 3.05) is 23.4 Å². The fourth-order valence-corrected chi connectivity index (χ4v) is 3.55. The highest BCUT2D eigenvalue weighted by molar-refractivity contribution is 6.04. The van der Waals surface area contributed by atoms with Gasteiger partial charge in [-0.3, -0.25) is 14.4 Å². The van der Waals surface area contributed by atoms with Gasteiger partial charge in [0.1, 0.15) is 5.75 Å². The van der Waals surface area contributed by atoms with Crippen molar-refractivity contribution in [1.82, 2.24) is 5.32 Å². The van der Waals surface area contributed by atoms with Crippen molar-refractivity contribution in [2.45, 2.75) is 32.2 Å². The second-order valence-electron chi connectivity index (χ2n) is 7.62. The molecule has 30 heavy (non-hydrogen) atoms. The molecule has 2 aliphatic rings. The van der Waals surface area contributed by atoms with Crippen molar-refractivity contribution in [3.05, 3.63) is 54.1 Å². The molecule has 0 bridgehead atoms. The van der Waals surface area contributed by atoms with Crippen LogP contribution in [-0.4, -0.2) is 36.9 Å². The van der Waals surface area contributed by atoms with E-state index in [-0.39, 0.29) is 36.7 Å². The average Bonchev–Trinajstić information content (AvgIpc) is 3.47. The van der Waals surface area contributed by atoms with E-state index in [9.17, 15) is 14.4 Å². The molecule has 1 atom stereocenters. The zero-order chi connectivity index (χ0) is 21.1. The summed E-state index contributed by atoms with van der Waals surface area (Å²) in [5.41, 5.74) is 1.73. The number of amides is 3. The molecule has 3 amide bonds. The third-order valence-electron chi connectivity index (χ3n) is 5.26. The molecule has 2 aromatic rings. The zero-order valence-electron chi connectivity index (χ0n) is 16.9. The number of ether oxygens (including phenoxy) is 1. The minimum Gasteiger partial charge on any atom is -0.492 e. The SMILES string of the molecule is CCOc1ccccc1N1CC(C(=O)Nc2cccc(C(=O)NC3CC3)c2)CC1=O. The first-order valence-corrected chi connectivity index (χ1v) is 10.3. The normalized spacial score (nSPS) is 18.2. The molecule has 2 N–H and O–H groups in total. The average molecular weight is 407 g/mol. The molecule has 2 aromatic carbocycles. The summed E-state index contributed by atoms with van der Waals surface area (Å²) in [7, 11) is 0. The summed E-state index contributed by atoms with van der Waals surface area (Å²) in [6.45, 7) is 2.67. The summed E-state index contributed by atoms with van der Waals surface area (Å²) in [6, 6.07) is 14.5. The van der Waals surface area contributed by atoms with E-state index in [1.807, 2.05) is 31.2 Å². The molecule has 2 fully saturated rings. The summed E-state index contributed by atoms with van der Waals surface area (Å²) < 4.78 is 5.62. The van der Waals surface area contributed by atoms with Gasteiger partial charge in [0.05, 0.1) is 18.2 Å².